The minimum Gasteiger partial charge on any atom is -0.314 e. The molecule has 1 heterocycles. The van der Waals surface area contributed by atoms with Crippen LogP contribution in [0.25, 0.3) is 0 Å². The van der Waals surface area contributed by atoms with Crippen LogP contribution < -0.4 is 10.6 Å². The molecule has 0 aliphatic carbocycles. The molecule has 0 saturated carbocycles. The summed E-state index contributed by atoms with van der Waals surface area (Å²) in [7, 11) is 0. The number of hydrogen-bond acceptors (Lipinski definition) is 2. The first-order valence-electron chi connectivity index (χ1n) is 4.67. The minimum absolute atomic E-state index is 0.139. The monoisotopic (exact) mass is 198 g/mol. The lowest BCUT2D eigenvalue weighted by Crippen LogP contribution is -2.43. The van der Waals surface area contributed by atoms with Gasteiger partial charge in [0.1, 0.15) is 11.6 Å². The molecule has 1 fully saturated rings. The lowest BCUT2D eigenvalue weighted by atomic mass is 10.0. The molecule has 76 valence electrons. The lowest BCUT2D eigenvalue weighted by Gasteiger charge is -2.25. The van der Waals surface area contributed by atoms with Gasteiger partial charge in [0.2, 0.25) is 0 Å². The molecule has 1 aliphatic heterocycles. The largest absolute Gasteiger partial charge is 0.314 e. The molecule has 1 atom stereocenters. The van der Waals surface area contributed by atoms with E-state index < -0.39 is 11.6 Å². The highest BCUT2D eigenvalue weighted by Gasteiger charge is 2.21. The van der Waals surface area contributed by atoms with E-state index in [4.69, 9.17) is 0 Å². The van der Waals surface area contributed by atoms with Gasteiger partial charge in [-0.05, 0) is 12.1 Å². The summed E-state index contributed by atoms with van der Waals surface area (Å²) < 4.78 is 26.7. The van der Waals surface area contributed by atoms with Crippen LogP contribution in [0.2, 0.25) is 0 Å². The Hall–Kier alpha value is -1.00. The molecule has 0 unspecified atom stereocenters. The van der Waals surface area contributed by atoms with E-state index in [1.165, 1.54) is 18.2 Å². The molecule has 0 aromatic heterocycles. The van der Waals surface area contributed by atoms with Crippen molar-refractivity contribution in [3.63, 3.8) is 0 Å². The van der Waals surface area contributed by atoms with E-state index in [1.54, 1.807) is 0 Å². The van der Waals surface area contributed by atoms with Crippen molar-refractivity contribution in [2.45, 2.75) is 6.04 Å². The zero-order valence-corrected chi connectivity index (χ0v) is 7.69. The first kappa shape index (κ1) is 9.55. The fourth-order valence-corrected chi connectivity index (χ4v) is 1.70. The zero-order chi connectivity index (χ0) is 9.97. The number of hydrogen-bond donors (Lipinski definition) is 2. The molecular formula is C10H12F2N2. The van der Waals surface area contributed by atoms with Gasteiger partial charge in [-0.3, -0.25) is 0 Å². The number of halogens is 2. The summed E-state index contributed by atoms with van der Waals surface area (Å²) in [6.45, 7) is 2.14. The normalized spacial score (nSPS) is 22.3. The number of benzene rings is 1. The number of rotatable bonds is 1. The molecular weight excluding hydrogens is 186 g/mol. The maximum atomic E-state index is 13.3. The van der Waals surface area contributed by atoms with Gasteiger partial charge >= 0.3 is 0 Å². The third kappa shape index (κ3) is 1.76. The molecule has 2 N–H and O–H groups in total. The maximum absolute atomic E-state index is 13.3. The summed E-state index contributed by atoms with van der Waals surface area (Å²) >= 11 is 0. The Morgan fingerprint density at radius 1 is 1.14 bits per heavy atom. The van der Waals surface area contributed by atoms with Crippen molar-refractivity contribution in [3.8, 4) is 0 Å². The molecule has 0 amide bonds. The molecule has 2 rings (SSSR count). The topological polar surface area (TPSA) is 24.1 Å². The Balaban J connectivity index is 2.29. The van der Waals surface area contributed by atoms with Crippen molar-refractivity contribution in [1.82, 2.24) is 10.6 Å². The average Bonchev–Trinajstić information content (AvgIpc) is 2.19. The lowest BCUT2D eigenvalue weighted by molar-refractivity contribution is 0.401. The molecule has 0 bridgehead atoms. The van der Waals surface area contributed by atoms with E-state index >= 15 is 0 Å². The molecule has 14 heavy (non-hydrogen) atoms. The van der Waals surface area contributed by atoms with Gasteiger partial charge in [0.25, 0.3) is 0 Å². The number of piperazine rings is 1. The molecule has 4 heteroatoms. The van der Waals surface area contributed by atoms with Crippen LogP contribution in [0.1, 0.15) is 11.6 Å². The molecule has 1 aliphatic rings. The first-order chi connectivity index (χ1) is 6.79. The predicted octanol–water partition coefficient (Wildman–Crippen LogP) is 1.20. The highest BCUT2D eigenvalue weighted by atomic mass is 19.1. The van der Waals surface area contributed by atoms with Gasteiger partial charge in [0.05, 0.1) is 6.04 Å². The van der Waals surface area contributed by atoms with Gasteiger partial charge < -0.3 is 10.6 Å². The fraction of sp³-hybridized carbons (Fsp3) is 0.400. The quantitative estimate of drug-likeness (QED) is 0.708. The van der Waals surface area contributed by atoms with Crippen LogP contribution in [-0.4, -0.2) is 19.6 Å². The van der Waals surface area contributed by atoms with E-state index in [2.05, 4.69) is 10.6 Å². The summed E-state index contributed by atoms with van der Waals surface area (Å²) in [6, 6.07) is 3.69. The molecule has 2 nitrogen and oxygen atoms in total. The molecule has 1 aromatic rings. The van der Waals surface area contributed by atoms with Crippen molar-refractivity contribution in [3.05, 3.63) is 35.4 Å². The molecule has 0 spiro atoms. The van der Waals surface area contributed by atoms with Gasteiger partial charge in [-0.25, -0.2) is 8.78 Å². The zero-order valence-electron chi connectivity index (χ0n) is 7.69. The van der Waals surface area contributed by atoms with Crippen LogP contribution in [0, 0.1) is 11.6 Å². The number of nitrogens with one attached hydrogen (secondary N) is 2. The van der Waals surface area contributed by atoms with E-state index in [9.17, 15) is 8.78 Å². The summed E-state index contributed by atoms with van der Waals surface area (Å²) in [5.41, 5.74) is 0.139. The van der Waals surface area contributed by atoms with Crippen molar-refractivity contribution < 1.29 is 8.78 Å². The Morgan fingerprint density at radius 3 is 2.43 bits per heavy atom. The third-order valence-corrected chi connectivity index (χ3v) is 2.39. The third-order valence-electron chi connectivity index (χ3n) is 2.39. The predicted molar refractivity (Wildman–Crippen MR) is 50.0 cm³/mol. The van der Waals surface area contributed by atoms with Crippen molar-refractivity contribution in [2.75, 3.05) is 19.6 Å². The van der Waals surface area contributed by atoms with Crippen LogP contribution in [0.15, 0.2) is 18.2 Å². The molecule has 1 aromatic carbocycles. The summed E-state index contributed by atoms with van der Waals surface area (Å²) in [5.74, 6) is -0.961. The van der Waals surface area contributed by atoms with Gasteiger partial charge in [0.15, 0.2) is 0 Å². The van der Waals surface area contributed by atoms with Gasteiger partial charge in [-0.15, -0.1) is 0 Å². The second-order valence-corrected chi connectivity index (χ2v) is 3.35. The van der Waals surface area contributed by atoms with Crippen LogP contribution in [0.4, 0.5) is 8.78 Å². The maximum Gasteiger partial charge on any atom is 0.130 e. The highest BCUT2D eigenvalue weighted by Crippen LogP contribution is 2.20. The van der Waals surface area contributed by atoms with Crippen LogP contribution >= 0.6 is 0 Å². The van der Waals surface area contributed by atoms with E-state index in [0.717, 1.165) is 13.1 Å². The summed E-state index contributed by atoms with van der Waals surface area (Å²) in [6.07, 6.45) is 0. The van der Waals surface area contributed by atoms with Gasteiger partial charge in [0, 0.05) is 25.2 Å². The van der Waals surface area contributed by atoms with Crippen molar-refractivity contribution in [2.24, 2.45) is 0 Å². The van der Waals surface area contributed by atoms with Crippen molar-refractivity contribution in [1.29, 1.82) is 0 Å². The standard InChI is InChI=1S/C10H12F2N2/c11-7-2-1-3-8(12)10(7)9-6-13-4-5-14-9/h1-3,9,13-14H,4-6H2/t9-/m1/s1. The van der Waals surface area contributed by atoms with E-state index in [1.807, 2.05) is 0 Å². The second kappa shape index (κ2) is 4.02. The Kier molecular flexibility index (Phi) is 2.74. The van der Waals surface area contributed by atoms with Crippen LogP contribution in [0.3, 0.4) is 0 Å². The average molecular weight is 198 g/mol. The minimum atomic E-state index is -0.480. The van der Waals surface area contributed by atoms with Gasteiger partial charge in [-0.2, -0.15) is 0 Å². The fourth-order valence-electron chi connectivity index (χ4n) is 1.70. The molecule has 1 saturated heterocycles. The Bertz CT molecular complexity index is 302. The van der Waals surface area contributed by atoms with E-state index in [-0.39, 0.29) is 11.6 Å². The summed E-state index contributed by atoms with van der Waals surface area (Å²) in [5, 5.41) is 6.17. The van der Waals surface area contributed by atoms with Gasteiger partial charge in [-0.1, -0.05) is 6.07 Å². The van der Waals surface area contributed by atoms with Crippen LogP contribution in [0.5, 0.6) is 0 Å². The van der Waals surface area contributed by atoms with Crippen molar-refractivity contribution >= 4 is 0 Å². The Morgan fingerprint density at radius 2 is 1.86 bits per heavy atom. The molecule has 0 radical (unpaired) electrons. The Labute approximate surface area is 81.3 Å². The first-order valence-corrected chi connectivity index (χ1v) is 4.67. The van der Waals surface area contributed by atoms with E-state index in [0.29, 0.717) is 6.54 Å². The SMILES string of the molecule is Fc1cccc(F)c1[C@H]1CNCCN1. The summed E-state index contributed by atoms with van der Waals surface area (Å²) in [4.78, 5) is 0. The smallest absolute Gasteiger partial charge is 0.130 e. The highest BCUT2D eigenvalue weighted by molar-refractivity contribution is 5.24. The second-order valence-electron chi connectivity index (χ2n) is 3.35. The van der Waals surface area contributed by atoms with Crippen LogP contribution in [-0.2, 0) is 0 Å².